The van der Waals surface area contributed by atoms with Gasteiger partial charge < -0.3 is 0 Å². The van der Waals surface area contributed by atoms with Crippen molar-refractivity contribution in [1.82, 2.24) is 9.97 Å². The summed E-state index contributed by atoms with van der Waals surface area (Å²) in [6.45, 7) is 4.70. The maximum atomic E-state index is 5.31. The van der Waals surface area contributed by atoms with Gasteiger partial charge in [-0.05, 0) is 121 Å². The van der Waals surface area contributed by atoms with Gasteiger partial charge in [-0.25, -0.2) is 9.97 Å². The van der Waals surface area contributed by atoms with Gasteiger partial charge in [0.15, 0.2) is 5.82 Å². The summed E-state index contributed by atoms with van der Waals surface area (Å²) in [5.41, 5.74) is 15.0. The molecule has 0 fully saturated rings. The lowest BCUT2D eigenvalue weighted by molar-refractivity contribution is 0.661. The van der Waals surface area contributed by atoms with Gasteiger partial charge >= 0.3 is 0 Å². The summed E-state index contributed by atoms with van der Waals surface area (Å²) in [7, 11) is 0. The van der Waals surface area contributed by atoms with Gasteiger partial charge in [0.05, 0.1) is 11.4 Å². The lowest BCUT2D eigenvalue weighted by atomic mass is 9.81. The first-order valence-electron chi connectivity index (χ1n) is 20.6. The smallest absolute Gasteiger partial charge is 0.160 e. The third-order valence-electron chi connectivity index (χ3n) is 12.6. The molecule has 0 saturated heterocycles. The molecular weight excluding hydrogens is 745 g/mol. The van der Waals surface area contributed by atoms with Crippen LogP contribution in [0.15, 0.2) is 194 Å². The zero-order chi connectivity index (χ0) is 40.0. The van der Waals surface area contributed by atoms with Crippen LogP contribution >= 0.6 is 11.3 Å². The number of thiophene rings is 1. The maximum Gasteiger partial charge on any atom is 0.160 e. The Labute approximate surface area is 353 Å². The molecule has 0 unspecified atom stereocenters. The Hall–Kier alpha value is -7.20. The summed E-state index contributed by atoms with van der Waals surface area (Å²) < 4.78 is 2.66. The minimum Gasteiger partial charge on any atom is -0.228 e. The largest absolute Gasteiger partial charge is 0.228 e. The van der Waals surface area contributed by atoms with Gasteiger partial charge in [0.2, 0.25) is 0 Å². The lowest BCUT2D eigenvalue weighted by Crippen LogP contribution is -2.14. The number of benzene rings is 9. The number of hydrogen-bond acceptors (Lipinski definition) is 3. The molecule has 0 radical (unpaired) electrons. The van der Waals surface area contributed by atoms with Crippen molar-refractivity contribution in [3.05, 3.63) is 205 Å². The molecule has 11 aromatic rings. The number of hydrogen-bond donors (Lipinski definition) is 0. The molecule has 2 aromatic heterocycles. The van der Waals surface area contributed by atoms with E-state index in [-0.39, 0.29) is 5.41 Å². The molecular formula is C57H38N2S. The first kappa shape index (κ1) is 34.8. The van der Waals surface area contributed by atoms with Crippen LogP contribution in [0.2, 0.25) is 0 Å². The van der Waals surface area contributed by atoms with E-state index in [1.165, 1.54) is 86.2 Å². The SMILES string of the molecule is CC1(C)c2cc3ccccc3cc2-c2c(-c3cc(-c4ccc5cc(-c6cccc(-c7ccc8sc9ccccc9c8c7)c6)ccc5c4)nc(-c4ccccc4)n3)cccc21. The molecule has 1 aliphatic rings. The molecule has 3 heteroatoms. The fourth-order valence-corrected chi connectivity index (χ4v) is 10.6. The molecule has 0 N–H and O–H groups in total. The van der Waals surface area contributed by atoms with Gasteiger partial charge in [-0.1, -0.05) is 153 Å². The van der Waals surface area contributed by atoms with E-state index in [1.807, 2.05) is 17.4 Å². The molecule has 0 atom stereocenters. The van der Waals surface area contributed by atoms with E-state index < -0.39 is 0 Å². The average Bonchev–Trinajstić information content (AvgIpc) is 3.79. The maximum absolute atomic E-state index is 5.31. The van der Waals surface area contributed by atoms with Crippen LogP contribution in [0, 0.1) is 0 Å². The lowest BCUT2D eigenvalue weighted by Gasteiger charge is -2.22. The minimum atomic E-state index is -0.144. The molecule has 60 heavy (non-hydrogen) atoms. The Balaban J connectivity index is 0.943. The van der Waals surface area contributed by atoms with Crippen molar-refractivity contribution in [2.24, 2.45) is 0 Å². The minimum absolute atomic E-state index is 0.144. The summed E-state index contributed by atoms with van der Waals surface area (Å²) in [6, 6.07) is 70.8. The van der Waals surface area contributed by atoms with Crippen molar-refractivity contribution in [2.75, 3.05) is 0 Å². The highest BCUT2D eigenvalue weighted by Crippen LogP contribution is 2.53. The fourth-order valence-electron chi connectivity index (χ4n) is 9.50. The van der Waals surface area contributed by atoms with Gasteiger partial charge in [-0.15, -0.1) is 11.3 Å². The van der Waals surface area contributed by atoms with E-state index >= 15 is 0 Å². The Morgan fingerprint density at radius 3 is 1.80 bits per heavy atom. The van der Waals surface area contributed by atoms with Crippen LogP contribution in [0.25, 0.3) is 109 Å². The summed E-state index contributed by atoms with van der Waals surface area (Å²) in [5, 5.41) is 7.53. The topological polar surface area (TPSA) is 25.8 Å². The first-order valence-corrected chi connectivity index (χ1v) is 21.4. The second kappa shape index (κ2) is 13.4. The second-order valence-corrected chi connectivity index (χ2v) is 17.7. The molecule has 0 aliphatic heterocycles. The normalized spacial score (nSPS) is 13.0. The molecule has 0 amide bonds. The zero-order valence-electron chi connectivity index (χ0n) is 33.3. The summed E-state index contributed by atoms with van der Waals surface area (Å²) in [6.07, 6.45) is 0. The van der Waals surface area contributed by atoms with Crippen molar-refractivity contribution in [1.29, 1.82) is 0 Å². The van der Waals surface area contributed by atoms with Gasteiger partial charge in [0.1, 0.15) is 0 Å². The van der Waals surface area contributed by atoms with Crippen LogP contribution in [0.5, 0.6) is 0 Å². The molecule has 9 aromatic carbocycles. The number of rotatable bonds is 5. The van der Waals surface area contributed by atoms with Crippen molar-refractivity contribution in [2.45, 2.75) is 19.3 Å². The van der Waals surface area contributed by atoms with E-state index in [4.69, 9.17) is 9.97 Å². The van der Waals surface area contributed by atoms with E-state index in [1.54, 1.807) is 0 Å². The van der Waals surface area contributed by atoms with Crippen LogP contribution in [-0.2, 0) is 5.41 Å². The van der Waals surface area contributed by atoms with Crippen molar-refractivity contribution >= 4 is 53.1 Å². The Morgan fingerprint density at radius 1 is 0.367 bits per heavy atom. The van der Waals surface area contributed by atoms with E-state index in [0.717, 1.165) is 33.9 Å². The first-order chi connectivity index (χ1) is 29.4. The molecule has 1 aliphatic carbocycles. The van der Waals surface area contributed by atoms with Crippen LogP contribution < -0.4 is 0 Å². The summed E-state index contributed by atoms with van der Waals surface area (Å²) in [4.78, 5) is 10.6. The zero-order valence-corrected chi connectivity index (χ0v) is 34.1. The van der Waals surface area contributed by atoms with Crippen LogP contribution in [0.4, 0.5) is 0 Å². The monoisotopic (exact) mass is 782 g/mol. The second-order valence-electron chi connectivity index (χ2n) is 16.6. The van der Waals surface area contributed by atoms with E-state index in [0.29, 0.717) is 0 Å². The average molecular weight is 783 g/mol. The predicted molar refractivity (Wildman–Crippen MR) is 255 cm³/mol. The summed E-state index contributed by atoms with van der Waals surface area (Å²) >= 11 is 1.86. The Morgan fingerprint density at radius 2 is 0.967 bits per heavy atom. The molecule has 0 bridgehead atoms. The standard InChI is InChI=1S/C57H38N2S/c1-57(2)49-20-11-19-46(55(49)48-32-38-14-6-7-15-39(38)33-50(48)57)52-34-51(58-56(59-52)35-12-4-3-5-13-35)44-25-24-41-29-40(22-23-42(41)30-44)36-16-10-17-37(28-36)43-26-27-54-47(31-43)45-18-8-9-21-53(45)60-54/h3-34H,1-2H3. The van der Waals surface area contributed by atoms with Gasteiger partial charge in [-0.3, -0.25) is 0 Å². The number of nitrogens with zero attached hydrogens (tertiary/aromatic N) is 2. The summed E-state index contributed by atoms with van der Waals surface area (Å²) in [5.74, 6) is 0.721. The van der Waals surface area contributed by atoms with Crippen molar-refractivity contribution in [3.8, 4) is 67.3 Å². The van der Waals surface area contributed by atoms with E-state index in [9.17, 15) is 0 Å². The molecule has 12 rings (SSSR count). The van der Waals surface area contributed by atoms with Crippen LogP contribution in [0.1, 0.15) is 25.0 Å². The third kappa shape index (κ3) is 5.61. The molecule has 2 heterocycles. The fraction of sp³-hybridized carbons (Fsp3) is 0.0526. The van der Waals surface area contributed by atoms with Crippen molar-refractivity contribution in [3.63, 3.8) is 0 Å². The molecule has 282 valence electrons. The number of aromatic nitrogens is 2. The highest BCUT2D eigenvalue weighted by atomic mass is 32.1. The Kier molecular flexibility index (Phi) is 7.79. The molecule has 2 nitrogen and oxygen atoms in total. The highest BCUT2D eigenvalue weighted by molar-refractivity contribution is 7.25. The Bertz CT molecular complexity index is 3520. The highest BCUT2D eigenvalue weighted by Gasteiger charge is 2.37. The van der Waals surface area contributed by atoms with Crippen LogP contribution in [0.3, 0.4) is 0 Å². The molecule has 0 spiro atoms. The predicted octanol–water partition coefficient (Wildman–Crippen LogP) is 15.8. The number of fused-ring (bicyclic) bond motifs is 8. The van der Waals surface area contributed by atoms with Crippen molar-refractivity contribution < 1.29 is 0 Å². The van der Waals surface area contributed by atoms with Gasteiger partial charge in [0, 0.05) is 42.3 Å². The third-order valence-corrected chi connectivity index (χ3v) is 13.8. The van der Waals surface area contributed by atoms with Gasteiger partial charge in [-0.2, -0.15) is 0 Å². The molecule has 0 saturated carbocycles. The van der Waals surface area contributed by atoms with E-state index in [2.05, 4.69) is 202 Å². The van der Waals surface area contributed by atoms with Crippen LogP contribution in [-0.4, -0.2) is 9.97 Å². The van der Waals surface area contributed by atoms with Gasteiger partial charge in [0.25, 0.3) is 0 Å². The quantitative estimate of drug-likeness (QED) is 0.174.